The summed E-state index contributed by atoms with van der Waals surface area (Å²) < 4.78 is 0. The Hall–Kier alpha value is -1.47. The van der Waals surface area contributed by atoms with E-state index in [0.717, 1.165) is 0 Å². The summed E-state index contributed by atoms with van der Waals surface area (Å²) in [6.07, 6.45) is -0.711. The highest BCUT2D eigenvalue weighted by molar-refractivity contribution is 6.08. The zero-order chi connectivity index (χ0) is 12.9. The molecular formula is C9H16N2O5. The minimum Gasteiger partial charge on any atom is -0.481 e. The van der Waals surface area contributed by atoms with E-state index in [1.54, 1.807) is 0 Å². The molecule has 0 spiro atoms. The average molecular weight is 232 g/mol. The van der Waals surface area contributed by atoms with E-state index in [1.807, 2.05) is 0 Å². The number of Topliss-reactive ketones (excluding diaryl/α,β-unsaturated/α-hetero) is 1. The molecule has 0 saturated carbocycles. The molecule has 0 fully saturated rings. The summed E-state index contributed by atoms with van der Waals surface area (Å²) in [5.41, 5.74) is 3.30. The van der Waals surface area contributed by atoms with Gasteiger partial charge >= 0.3 is 11.9 Å². The van der Waals surface area contributed by atoms with Gasteiger partial charge in [-0.05, 0) is 20.5 Å². The molecule has 7 nitrogen and oxygen atoms in total. The second kappa shape index (κ2) is 5.57. The largest absolute Gasteiger partial charge is 0.481 e. The van der Waals surface area contributed by atoms with Crippen molar-refractivity contribution in [2.45, 2.75) is 18.4 Å². The van der Waals surface area contributed by atoms with Crippen LogP contribution in [0.1, 0.15) is 12.8 Å². The Morgan fingerprint density at radius 2 is 1.75 bits per heavy atom. The lowest BCUT2D eigenvalue weighted by atomic mass is 9.87. The first kappa shape index (κ1) is 14.5. The van der Waals surface area contributed by atoms with E-state index >= 15 is 0 Å². The van der Waals surface area contributed by atoms with Crippen LogP contribution in [0.2, 0.25) is 0 Å². The van der Waals surface area contributed by atoms with E-state index < -0.39 is 36.2 Å². The number of hydrogen-bond acceptors (Lipinski definition) is 5. The van der Waals surface area contributed by atoms with Gasteiger partial charge in [-0.3, -0.25) is 14.5 Å². The molecule has 0 aromatic heterocycles. The molecule has 92 valence electrons. The minimum atomic E-state index is -1.85. The summed E-state index contributed by atoms with van der Waals surface area (Å²) in [7, 11) is 2.81. The number of rotatable bonds is 7. The molecule has 0 aliphatic heterocycles. The number of ketones is 1. The number of nitrogens with zero attached hydrogens (tertiary/aromatic N) is 1. The Kier molecular flexibility index (Phi) is 5.06. The van der Waals surface area contributed by atoms with Gasteiger partial charge in [0.2, 0.25) is 0 Å². The minimum absolute atomic E-state index is 0.305. The summed E-state index contributed by atoms with van der Waals surface area (Å²) in [5.74, 6) is -3.24. The molecule has 0 amide bonds. The van der Waals surface area contributed by atoms with Gasteiger partial charge < -0.3 is 15.9 Å². The van der Waals surface area contributed by atoms with E-state index in [2.05, 4.69) is 0 Å². The molecule has 0 rings (SSSR count). The van der Waals surface area contributed by atoms with E-state index in [0.29, 0.717) is 0 Å². The maximum atomic E-state index is 11.6. The Labute approximate surface area is 92.8 Å². The van der Waals surface area contributed by atoms with E-state index in [1.165, 1.54) is 19.0 Å². The van der Waals surface area contributed by atoms with Crippen molar-refractivity contribution in [3.8, 4) is 0 Å². The standard InChI is InChI=1S/C9H16N2O5/c1-11(2)9(8(15)16,6(12)5-10)4-3-7(13)14/h3-5,10H2,1-2H3,(H,13,14)(H,15,16)/t9-/m1/s1. The fourth-order valence-corrected chi connectivity index (χ4v) is 1.49. The van der Waals surface area contributed by atoms with Gasteiger partial charge in [0.1, 0.15) is 0 Å². The third-order valence-corrected chi connectivity index (χ3v) is 2.46. The summed E-state index contributed by atoms with van der Waals surface area (Å²) in [6.45, 7) is -0.440. The molecule has 0 aromatic carbocycles. The van der Waals surface area contributed by atoms with Crippen molar-refractivity contribution in [2.24, 2.45) is 5.73 Å². The number of nitrogens with two attached hydrogens (primary N) is 1. The van der Waals surface area contributed by atoms with Gasteiger partial charge in [0, 0.05) is 6.42 Å². The van der Waals surface area contributed by atoms with Gasteiger partial charge in [0.15, 0.2) is 11.3 Å². The van der Waals surface area contributed by atoms with Crippen molar-refractivity contribution in [2.75, 3.05) is 20.6 Å². The number of carboxylic acid groups (broad SMARTS) is 2. The van der Waals surface area contributed by atoms with E-state index in [4.69, 9.17) is 15.9 Å². The first-order valence-corrected chi connectivity index (χ1v) is 4.65. The van der Waals surface area contributed by atoms with Crippen LogP contribution in [-0.2, 0) is 14.4 Å². The number of likely N-dealkylation sites (N-methyl/N-ethyl adjacent to an activating group) is 1. The second-order valence-corrected chi connectivity index (χ2v) is 3.58. The molecular weight excluding hydrogens is 216 g/mol. The lowest BCUT2D eigenvalue weighted by Crippen LogP contribution is -2.59. The first-order valence-electron chi connectivity index (χ1n) is 4.65. The van der Waals surface area contributed by atoms with Crippen LogP contribution in [0.15, 0.2) is 0 Å². The van der Waals surface area contributed by atoms with Crippen LogP contribution in [-0.4, -0.2) is 59.0 Å². The van der Waals surface area contributed by atoms with Crippen molar-refractivity contribution < 1.29 is 24.6 Å². The maximum absolute atomic E-state index is 11.6. The highest BCUT2D eigenvalue weighted by Crippen LogP contribution is 2.21. The van der Waals surface area contributed by atoms with Crippen LogP contribution in [0.25, 0.3) is 0 Å². The van der Waals surface area contributed by atoms with Crippen molar-refractivity contribution >= 4 is 17.7 Å². The molecule has 0 heterocycles. The molecule has 0 bridgehead atoms. The summed E-state index contributed by atoms with van der Waals surface area (Å²) >= 11 is 0. The van der Waals surface area contributed by atoms with E-state index in [9.17, 15) is 14.4 Å². The fraction of sp³-hybridized carbons (Fsp3) is 0.667. The highest BCUT2D eigenvalue weighted by Gasteiger charge is 2.47. The molecule has 0 unspecified atom stereocenters. The van der Waals surface area contributed by atoms with Gasteiger partial charge in [-0.25, -0.2) is 4.79 Å². The lowest BCUT2D eigenvalue weighted by Gasteiger charge is -2.33. The molecule has 0 aromatic rings. The summed E-state index contributed by atoms with van der Waals surface area (Å²) in [5, 5.41) is 17.6. The Bertz CT molecular complexity index is 302. The zero-order valence-electron chi connectivity index (χ0n) is 9.27. The molecule has 1 atom stereocenters. The Morgan fingerprint density at radius 3 is 2.00 bits per heavy atom. The number of carboxylic acids is 2. The Morgan fingerprint density at radius 1 is 1.25 bits per heavy atom. The molecule has 0 aliphatic rings. The average Bonchev–Trinajstić information content (AvgIpc) is 2.16. The smallest absolute Gasteiger partial charge is 0.331 e. The Balaban J connectivity index is 5.18. The van der Waals surface area contributed by atoms with Crippen LogP contribution >= 0.6 is 0 Å². The van der Waals surface area contributed by atoms with Crippen molar-refractivity contribution in [1.29, 1.82) is 0 Å². The van der Waals surface area contributed by atoms with Crippen LogP contribution in [0, 0.1) is 0 Å². The van der Waals surface area contributed by atoms with Gasteiger partial charge in [-0.1, -0.05) is 0 Å². The van der Waals surface area contributed by atoms with Crippen molar-refractivity contribution in [3.05, 3.63) is 0 Å². The third kappa shape index (κ3) is 2.77. The van der Waals surface area contributed by atoms with Crippen LogP contribution in [0.3, 0.4) is 0 Å². The quantitative estimate of drug-likeness (QED) is 0.469. The molecule has 0 aliphatic carbocycles. The molecule has 0 radical (unpaired) electrons. The normalized spacial score (nSPS) is 14.5. The second-order valence-electron chi connectivity index (χ2n) is 3.58. The van der Waals surface area contributed by atoms with Crippen molar-refractivity contribution in [1.82, 2.24) is 4.90 Å². The van der Waals surface area contributed by atoms with Crippen molar-refractivity contribution in [3.63, 3.8) is 0 Å². The maximum Gasteiger partial charge on any atom is 0.331 e. The van der Waals surface area contributed by atoms with Crippen LogP contribution < -0.4 is 5.73 Å². The van der Waals surface area contributed by atoms with Gasteiger partial charge in [0.05, 0.1) is 6.54 Å². The SMILES string of the molecule is CN(C)[C@@](CCC(=O)O)(C(=O)O)C(=O)CN. The molecule has 0 saturated heterocycles. The van der Waals surface area contributed by atoms with Crippen LogP contribution in [0.4, 0.5) is 0 Å². The number of hydrogen-bond donors (Lipinski definition) is 3. The van der Waals surface area contributed by atoms with Crippen LogP contribution in [0.5, 0.6) is 0 Å². The number of carbonyl (C=O) groups excluding carboxylic acids is 1. The summed E-state index contributed by atoms with van der Waals surface area (Å²) in [6, 6.07) is 0. The third-order valence-electron chi connectivity index (χ3n) is 2.46. The van der Waals surface area contributed by atoms with Gasteiger partial charge in [0.25, 0.3) is 0 Å². The predicted molar refractivity (Wildman–Crippen MR) is 55.0 cm³/mol. The topological polar surface area (TPSA) is 121 Å². The lowest BCUT2D eigenvalue weighted by molar-refractivity contribution is -0.156. The molecule has 4 N–H and O–H groups in total. The fourth-order valence-electron chi connectivity index (χ4n) is 1.49. The molecule has 16 heavy (non-hydrogen) atoms. The monoisotopic (exact) mass is 232 g/mol. The number of carbonyl (C=O) groups is 3. The summed E-state index contributed by atoms with van der Waals surface area (Å²) in [4.78, 5) is 34.4. The van der Waals surface area contributed by atoms with Gasteiger partial charge in [-0.15, -0.1) is 0 Å². The van der Waals surface area contributed by atoms with Gasteiger partial charge in [-0.2, -0.15) is 0 Å². The van der Waals surface area contributed by atoms with E-state index in [-0.39, 0.29) is 6.42 Å². The highest BCUT2D eigenvalue weighted by atomic mass is 16.4. The molecule has 7 heteroatoms. The number of aliphatic carboxylic acids is 2. The first-order chi connectivity index (χ1) is 7.28. The predicted octanol–water partition coefficient (Wildman–Crippen LogP) is -1.24. The zero-order valence-corrected chi connectivity index (χ0v) is 9.27.